The molecule has 1 amide bonds. The monoisotopic (exact) mass is 364 g/mol. The average Bonchev–Trinajstić information content (AvgIpc) is 3.19. The number of hydrogen-bond donors (Lipinski definition) is 0. The van der Waals surface area contributed by atoms with Gasteiger partial charge in [0.2, 0.25) is 0 Å². The first kappa shape index (κ1) is 16.3. The Labute approximate surface area is 149 Å². The van der Waals surface area contributed by atoms with E-state index in [1.807, 2.05) is 17.0 Å². The molecule has 1 atom stereocenters. The molecule has 3 nitrogen and oxygen atoms in total. The number of amides is 1. The van der Waals surface area contributed by atoms with Crippen molar-refractivity contribution in [3.63, 3.8) is 0 Å². The Morgan fingerprint density at radius 1 is 1.48 bits per heavy atom. The van der Waals surface area contributed by atoms with Gasteiger partial charge in [-0.1, -0.05) is 35.3 Å². The van der Waals surface area contributed by atoms with Crippen molar-refractivity contribution in [1.29, 1.82) is 0 Å². The molecule has 0 N–H and O–H groups in total. The van der Waals surface area contributed by atoms with Gasteiger partial charge < -0.3 is 4.90 Å². The third-order valence-corrected chi connectivity index (χ3v) is 5.58. The standard InChI is InChI=1S/C17H14Cl2N2OS/c1-2-4-11-7-8-21(9-11)17(22)14-10-23-16(20-14)12-5-3-6-13(18)15(12)19/h1,3,5-6,10-11H,4,7-9H2/t11-/m0/s1. The summed E-state index contributed by atoms with van der Waals surface area (Å²) >= 11 is 13.6. The first-order valence-corrected chi connectivity index (χ1v) is 8.86. The van der Waals surface area contributed by atoms with Crippen LogP contribution in [0.4, 0.5) is 0 Å². The lowest BCUT2D eigenvalue weighted by atomic mass is 10.1. The number of thiazole rings is 1. The molecule has 0 radical (unpaired) electrons. The molecule has 1 aromatic heterocycles. The van der Waals surface area contributed by atoms with Gasteiger partial charge in [-0.2, -0.15) is 0 Å². The number of carbonyl (C=O) groups is 1. The van der Waals surface area contributed by atoms with Crippen LogP contribution in [0, 0.1) is 18.3 Å². The number of halogens is 2. The quantitative estimate of drug-likeness (QED) is 0.745. The van der Waals surface area contributed by atoms with Crippen LogP contribution in [0.1, 0.15) is 23.3 Å². The minimum Gasteiger partial charge on any atom is -0.337 e. The van der Waals surface area contributed by atoms with Gasteiger partial charge in [-0.15, -0.1) is 23.7 Å². The van der Waals surface area contributed by atoms with Crippen LogP contribution in [0.2, 0.25) is 10.0 Å². The van der Waals surface area contributed by atoms with Gasteiger partial charge in [-0.25, -0.2) is 4.98 Å². The van der Waals surface area contributed by atoms with Crippen molar-refractivity contribution in [2.45, 2.75) is 12.8 Å². The number of terminal acetylenes is 1. The number of nitrogens with zero attached hydrogens (tertiary/aromatic N) is 2. The molecular formula is C17H14Cl2N2OS. The fourth-order valence-corrected chi connectivity index (χ4v) is 3.95. The van der Waals surface area contributed by atoms with Crippen LogP contribution in [0.15, 0.2) is 23.6 Å². The number of benzene rings is 1. The third-order valence-electron chi connectivity index (χ3n) is 3.88. The van der Waals surface area contributed by atoms with E-state index in [0.717, 1.165) is 18.5 Å². The van der Waals surface area contributed by atoms with Crippen molar-refractivity contribution in [2.75, 3.05) is 13.1 Å². The maximum atomic E-state index is 12.6. The Hall–Kier alpha value is -1.54. The lowest BCUT2D eigenvalue weighted by Crippen LogP contribution is -2.28. The van der Waals surface area contributed by atoms with Crippen molar-refractivity contribution in [3.05, 3.63) is 39.3 Å². The van der Waals surface area contributed by atoms with Gasteiger partial charge in [0, 0.05) is 30.5 Å². The van der Waals surface area contributed by atoms with Gasteiger partial charge in [0.25, 0.3) is 5.91 Å². The number of carbonyl (C=O) groups excluding carboxylic acids is 1. The van der Waals surface area contributed by atoms with Crippen LogP contribution in [0.3, 0.4) is 0 Å². The Morgan fingerprint density at radius 3 is 3.09 bits per heavy atom. The SMILES string of the molecule is C#CC[C@H]1CCN(C(=O)c2csc(-c3cccc(Cl)c3Cl)n2)C1. The van der Waals surface area contributed by atoms with Gasteiger partial charge in [0.1, 0.15) is 10.7 Å². The van der Waals surface area contributed by atoms with Crippen molar-refractivity contribution >= 4 is 40.4 Å². The van der Waals surface area contributed by atoms with Crippen LogP contribution in [-0.4, -0.2) is 28.9 Å². The van der Waals surface area contributed by atoms with Gasteiger partial charge >= 0.3 is 0 Å². The van der Waals surface area contributed by atoms with Crippen LogP contribution in [0.25, 0.3) is 10.6 Å². The van der Waals surface area contributed by atoms with E-state index in [1.165, 1.54) is 11.3 Å². The highest BCUT2D eigenvalue weighted by atomic mass is 35.5. The van der Waals surface area contributed by atoms with Crippen molar-refractivity contribution in [3.8, 4) is 22.9 Å². The molecule has 1 aliphatic heterocycles. The fraction of sp³-hybridized carbons (Fsp3) is 0.294. The smallest absolute Gasteiger partial charge is 0.273 e. The van der Waals surface area contributed by atoms with Crippen molar-refractivity contribution in [2.24, 2.45) is 5.92 Å². The Morgan fingerprint density at radius 2 is 2.30 bits per heavy atom. The van der Waals surface area contributed by atoms with Gasteiger partial charge in [-0.3, -0.25) is 4.79 Å². The lowest BCUT2D eigenvalue weighted by Gasteiger charge is -2.14. The highest BCUT2D eigenvalue weighted by molar-refractivity contribution is 7.13. The summed E-state index contributed by atoms with van der Waals surface area (Å²) < 4.78 is 0. The lowest BCUT2D eigenvalue weighted by molar-refractivity contribution is 0.0782. The minimum atomic E-state index is -0.0508. The third kappa shape index (κ3) is 3.37. The van der Waals surface area contributed by atoms with E-state index in [0.29, 0.717) is 39.6 Å². The van der Waals surface area contributed by atoms with Gasteiger partial charge in [0.15, 0.2) is 0 Å². The first-order valence-electron chi connectivity index (χ1n) is 7.22. The van der Waals surface area contributed by atoms with Crippen LogP contribution in [-0.2, 0) is 0 Å². The molecule has 6 heteroatoms. The van der Waals surface area contributed by atoms with Crippen molar-refractivity contribution in [1.82, 2.24) is 9.88 Å². The van der Waals surface area contributed by atoms with E-state index in [2.05, 4.69) is 10.9 Å². The highest BCUT2D eigenvalue weighted by Crippen LogP contribution is 2.35. The molecule has 0 saturated carbocycles. The molecule has 118 valence electrons. The molecule has 0 aliphatic carbocycles. The zero-order valence-corrected chi connectivity index (χ0v) is 14.6. The number of hydrogen-bond acceptors (Lipinski definition) is 3. The molecule has 2 heterocycles. The zero-order chi connectivity index (χ0) is 16.4. The van der Waals surface area contributed by atoms with E-state index in [4.69, 9.17) is 29.6 Å². The number of likely N-dealkylation sites (tertiary alicyclic amines) is 1. The van der Waals surface area contributed by atoms with Gasteiger partial charge in [0.05, 0.1) is 10.0 Å². The first-order chi connectivity index (χ1) is 11.1. The van der Waals surface area contributed by atoms with E-state index in [1.54, 1.807) is 11.4 Å². The van der Waals surface area contributed by atoms with E-state index >= 15 is 0 Å². The van der Waals surface area contributed by atoms with Gasteiger partial charge in [-0.05, 0) is 18.4 Å². The summed E-state index contributed by atoms with van der Waals surface area (Å²) in [6.07, 6.45) is 7.01. The second-order valence-corrected chi connectivity index (χ2v) is 7.10. The molecule has 0 bridgehead atoms. The second kappa shape index (κ2) is 6.92. The molecule has 0 unspecified atom stereocenters. The number of aromatic nitrogens is 1. The summed E-state index contributed by atoms with van der Waals surface area (Å²) in [5.41, 5.74) is 1.19. The fourth-order valence-electron chi connectivity index (χ4n) is 2.68. The Balaban J connectivity index is 1.78. The summed E-state index contributed by atoms with van der Waals surface area (Å²) in [4.78, 5) is 18.8. The average molecular weight is 365 g/mol. The van der Waals surface area contributed by atoms with Crippen LogP contribution in [0.5, 0.6) is 0 Å². The van der Waals surface area contributed by atoms with E-state index < -0.39 is 0 Å². The Bertz CT molecular complexity index is 781. The molecule has 2 aromatic rings. The summed E-state index contributed by atoms with van der Waals surface area (Å²) in [6, 6.07) is 5.39. The summed E-state index contributed by atoms with van der Waals surface area (Å²) in [6.45, 7) is 1.43. The maximum Gasteiger partial charge on any atom is 0.273 e. The predicted molar refractivity (Wildman–Crippen MR) is 95.0 cm³/mol. The summed E-state index contributed by atoms with van der Waals surface area (Å²) in [7, 11) is 0. The Kier molecular flexibility index (Phi) is 4.91. The van der Waals surface area contributed by atoms with Crippen LogP contribution >= 0.6 is 34.5 Å². The zero-order valence-electron chi connectivity index (χ0n) is 12.3. The molecule has 0 spiro atoms. The molecule has 23 heavy (non-hydrogen) atoms. The predicted octanol–water partition coefficient (Wildman–Crippen LogP) is 4.60. The molecule has 3 rings (SSSR count). The van der Waals surface area contributed by atoms with E-state index in [9.17, 15) is 4.79 Å². The maximum absolute atomic E-state index is 12.6. The second-order valence-electron chi connectivity index (χ2n) is 5.45. The molecule has 1 saturated heterocycles. The summed E-state index contributed by atoms with van der Waals surface area (Å²) in [5.74, 6) is 3.01. The van der Waals surface area contributed by atoms with Crippen molar-refractivity contribution < 1.29 is 4.79 Å². The summed E-state index contributed by atoms with van der Waals surface area (Å²) in [5, 5.41) is 3.39. The molecule has 1 aromatic carbocycles. The molecule has 1 fully saturated rings. The van der Waals surface area contributed by atoms with Crippen LogP contribution < -0.4 is 0 Å². The molecule has 1 aliphatic rings. The molecular weight excluding hydrogens is 351 g/mol. The minimum absolute atomic E-state index is 0.0508. The highest BCUT2D eigenvalue weighted by Gasteiger charge is 2.28. The topological polar surface area (TPSA) is 33.2 Å². The normalized spacial score (nSPS) is 17.3. The number of rotatable bonds is 3. The van der Waals surface area contributed by atoms with E-state index in [-0.39, 0.29) is 5.91 Å². The largest absolute Gasteiger partial charge is 0.337 e.